The second-order valence-electron chi connectivity index (χ2n) is 5.65. The van der Waals surface area contributed by atoms with Crippen LogP contribution in [0, 0.1) is 0 Å². The van der Waals surface area contributed by atoms with E-state index in [4.69, 9.17) is 0 Å². The summed E-state index contributed by atoms with van der Waals surface area (Å²) in [5.41, 5.74) is 2.92. The van der Waals surface area contributed by atoms with E-state index in [0.29, 0.717) is 12.8 Å². The molecule has 0 radical (unpaired) electrons. The molecule has 0 atom stereocenters. The normalized spacial score (nSPS) is 13.5. The van der Waals surface area contributed by atoms with E-state index in [2.05, 4.69) is 5.32 Å². The standard InChI is InChI=1S/C18H20N2O2S/c1-2-18(22)20-9-3-5-13-11-14(7-8-16(13)20)19-17(21)12-15-6-4-10-23-15/h4,6-8,10-11H,2-3,5,9,12H2,1H3,(H,19,21). The number of benzene rings is 1. The molecule has 3 rings (SSSR count). The van der Waals surface area contributed by atoms with Crippen LogP contribution in [0.25, 0.3) is 0 Å². The molecule has 0 bridgehead atoms. The Kier molecular flexibility index (Phi) is 4.76. The van der Waals surface area contributed by atoms with Crippen molar-refractivity contribution in [2.75, 3.05) is 16.8 Å². The van der Waals surface area contributed by atoms with Crippen LogP contribution in [-0.2, 0) is 22.4 Å². The number of hydrogen-bond acceptors (Lipinski definition) is 3. The number of nitrogens with one attached hydrogen (secondary N) is 1. The minimum Gasteiger partial charge on any atom is -0.326 e. The molecular weight excluding hydrogens is 308 g/mol. The molecule has 2 aromatic rings. The van der Waals surface area contributed by atoms with Crippen molar-refractivity contribution >= 4 is 34.5 Å². The van der Waals surface area contributed by atoms with Gasteiger partial charge in [0.2, 0.25) is 11.8 Å². The third kappa shape index (κ3) is 3.62. The molecule has 0 saturated heterocycles. The van der Waals surface area contributed by atoms with Crippen LogP contribution in [0.4, 0.5) is 11.4 Å². The minimum absolute atomic E-state index is 0.00954. The van der Waals surface area contributed by atoms with Crippen LogP contribution in [0.5, 0.6) is 0 Å². The molecule has 2 amide bonds. The van der Waals surface area contributed by atoms with Gasteiger partial charge < -0.3 is 10.2 Å². The number of aryl methyl sites for hydroxylation is 1. The first-order valence-electron chi connectivity index (χ1n) is 7.93. The number of rotatable bonds is 4. The number of amides is 2. The molecule has 0 aliphatic carbocycles. The van der Waals surface area contributed by atoms with Gasteiger partial charge in [-0.15, -0.1) is 11.3 Å². The molecule has 0 unspecified atom stereocenters. The molecule has 1 aromatic carbocycles. The van der Waals surface area contributed by atoms with E-state index >= 15 is 0 Å². The topological polar surface area (TPSA) is 49.4 Å². The lowest BCUT2D eigenvalue weighted by Crippen LogP contribution is -2.34. The molecule has 23 heavy (non-hydrogen) atoms. The van der Waals surface area contributed by atoms with Gasteiger partial charge >= 0.3 is 0 Å². The number of hydrogen-bond donors (Lipinski definition) is 1. The zero-order valence-corrected chi connectivity index (χ0v) is 14.0. The molecule has 120 valence electrons. The van der Waals surface area contributed by atoms with Crippen molar-refractivity contribution in [1.29, 1.82) is 0 Å². The van der Waals surface area contributed by atoms with Gasteiger partial charge in [-0.1, -0.05) is 13.0 Å². The fourth-order valence-corrected chi connectivity index (χ4v) is 3.60. The first-order valence-corrected chi connectivity index (χ1v) is 8.81. The van der Waals surface area contributed by atoms with Crippen LogP contribution in [-0.4, -0.2) is 18.4 Å². The van der Waals surface area contributed by atoms with Gasteiger partial charge in [-0.2, -0.15) is 0 Å². The second kappa shape index (κ2) is 6.96. The summed E-state index contributed by atoms with van der Waals surface area (Å²) in [7, 11) is 0. The maximum Gasteiger partial charge on any atom is 0.229 e. The van der Waals surface area contributed by atoms with Gasteiger partial charge in [0.1, 0.15) is 0 Å². The first kappa shape index (κ1) is 15.7. The van der Waals surface area contributed by atoms with Crippen LogP contribution < -0.4 is 10.2 Å². The summed E-state index contributed by atoms with van der Waals surface area (Å²) in [5, 5.41) is 4.93. The van der Waals surface area contributed by atoms with E-state index in [1.165, 1.54) is 0 Å². The van der Waals surface area contributed by atoms with Gasteiger partial charge in [0.25, 0.3) is 0 Å². The average Bonchev–Trinajstić information content (AvgIpc) is 3.06. The third-order valence-electron chi connectivity index (χ3n) is 4.00. The van der Waals surface area contributed by atoms with Crippen LogP contribution in [0.1, 0.15) is 30.2 Å². The van der Waals surface area contributed by atoms with E-state index in [1.807, 2.05) is 47.5 Å². The van der Waals surface area contributed by atoms with Gasteiger partial charge in [0.15, 0.2) is 0 Å². The number of thiophene rings is 1. The summed E-state index contributed by atoms with van der Waals surface area (Å²) in [6.45, 7) is 2.67. The summed E-state index contributed by atoms with van der Waals surface area (Å²) >= 11 is 1.59. The monoisotopic (exact) mass is 328 g/mol. The number of anilines is 2. The van der Waals surface area contributed by atoms with Crippen molar-refractivity contribution in [3.8, 4) is 0 Å². The molecule has 1 N–H and O–H groups in total. The zero-order chi connectivity index (χ0) is 16.2. The van der Waals surface area contributed by atoms with Crippen molar-refractivity contribution < 1.29 is 9.59 Å². The fourth-order valence-electron chi connectivity index (χ4n) is 2.90. The predicted molar refractivity (Wildman–Crippen MR) is 94.1 cm³/mol. The highest BCUT2D eigenvalue weighted by atomic mass is 32.1. The van der Waals surface area contributed by atoms with Gasteiger partial charge in [0.05, 0.1) is 6.42 Å². The lowest BCUT2D eigenvalue weighted by molar-refractivity contribution is -0.118. The summed E-state index contributed by atoms with van der Waals surface area (Å²) in [6.07, 6.45) is 2.82. The summed E-state index contributed by atoms with van der Waals surface area (Å²) < 4.78 is 0. The van der Waals surface area contributed by atoms with Crippen molar-refractivity contribution in [2.45, 2.75) is 32.6 Å². The Bertz CT molecular complexity index is 710. The Hall–Kier alpha value is -2.14. The highest BCUT2D eigenvalue weighted by Crippen LogP contribution is 2.30. The maximum absolute atomic E-state index is 12.1. The Morgan fingerprint density at radius 1 is 1.30 bits per heavy atom. The maximum atomic E-state index is 12.1. The molecule has 1 aromatic heterocycles. The Morgan fingerprint density at radius 3 is 2.91 bits per heavy atom. The van der Waals surface area contributed by atoms with Gasteiger partial charge in [-0.05, 0) is 48.1 Å². The molecule has 4 nitrogen and oxygen atoms in total. The van der Waals surface area contributed by atoms with Gasteiger partial charge in [0, 0.05) is 29.2 Å². The third-order valence-corrected chi connectivity index (χ3v) is 4.88. The molecule has 0 spiro atoms. The fraction of sp³-hybridized carbons (Fsp3) is 0.333. The SMILES string of the molecule is CCC(=O)N1CCCc2cc(NC(=O)Cc3cccs3)ccc21. The molecule has 0 fully saturated rings. The largest absolute Gasteiger partial charge is 0.326 e. The quantitative estimate of drug-likeness (QED) is 0.932. The summed E-state index contributed by atoms with van der Waals surface area (Å²) in [6, 6.07) is 9.74. The van der Waals surface area contributed by atoms with Crippen molar-refractivity contribution in [1.82, 2.24) is 0 Å². The van der Waals surface area contributed by atoms with Crippen molar-refractivity contribution in [3.05, 3.63) is 46.2 Å². The molecule has 1 aliphatic heterocycles. The van der Waals surface area contributed by atoms with Crippen LogP contribution >= 0.6 is 11.3 Å². The smallest absolute Gasteiger partial charge is 0.229 e. The highest BCUT2D eigenvalue weighted by Gasteiger charge is 2.21. The lowest BCUT2D eigenvalue weighted by Gasteiger charge is -2.29. The number of carbonyl (C=O) groups is 2. The van der Waals surface area contributed by atoms with Crippen LogP contribution in [0.3, 0.4) is 0 Å². The Morgan fingerprint density at radius 2 is 2.17 bits per heavy atom. The van der Waals surface area contributed by atoms with Gasteiger partial charge in [-0.3, -0.25) is 9.59 Å². The lowest BCUT2D eigenvalue weighted by atomic mass is 10.0. The number of carbonyl (C=O) groups excluding carboxylic acids is 2. The van der Waals surface area contributed by atoms with E-state index in [-0.39, 0.29) is 11.8 Å². The average molecular weight is 328 g/mol. The Balaban J connectivity index is 1.73. The summed E-state index contributed by atoms with van der Waals surface area (Å²) in [5.74, 6) is 0.144. The molecule has 0 saturated carbocycles. The molecule has 2 heterocycles. The van der Waals surface area contributed by atoms with Crippen LogP contribution in [0.15, 0.2) is 35.7 Å². The van der Waals surface area contributed by atoms with Crippen molar-refractivity contribution in [3.63, 3.8) is 0 Å². The van der Waals surface area contributed by atoms with E-state index in [9.17, 15) is 9.59 Å². The van der Waals surface area contributed by atoms with Crippen LogP contribution in [0.2, 0.25) is 0 Å². The predicted octanol–water partition coefficient (Wildman–Crippen LogP) is 3.62. The number of fused-ring (bicyclic) bond motifs is 1. The Labute approximate surface area is 140 Å². The van der Waals surface area contributed by atoms with E-state index < -0.39 is 0 Å². The molecular formula is C18H20N2O2S. The first-order chi connectivity index (χ1) is 11.2. The molecule has 1 aliphatic rings. The zero-order valence-electron chi connectivity index (χ0n) is 13.2. The summed E-state index contributed by atoms with van der Waals surface area (Å²) in [4.78, 5) is 27.0. The van der Waals surface area contributed by atoms with E-state index in [1.54, 1.807) is 11.3 Å². The number of nitrogens with zero attached hydrogens (tertiary/aromatic N) is 1. The van der Waals surface area contributed by atoms with Gasteiger partial charge in [-0.25, -0.2) is 0 Å². The highest BCUT2D eigenvalue weighted by molar-refractivity contribution is 7.10. The van der Waals surface area contributed by atoms with E-state index in [0.717, 1.165) is 41.2 Å². The second-order valence-corrected chi connectivity index (χ2v) is 6.68. The minimum atomic E-state index is -0.00954. The molecule has 5 heteroatoms. The van der Waals surface area contributed by atoms with Crippen molar-refractivity contribution in [2.24, 2.45) is 0 Å².